The fraction of sp³-hybridized carbons (Fsp3) is 0.333. The van der Waals surface area contributed by atoms with Gasteiger partial charge in [-0.15, -0.1) is 0 Å². The van der Waals surface area contributed by atoms with Gasteiger partial charge < -0.3 is 19.5 Å². The van der Waals surface area contributed by atoms with Gasteiger partial charge in [0.05, 0.1) is 12.8 Å². The first-order valence-electron chi connectivity index (χ1n) is 7.04. The number of amides is 1. The van der Waals surface area contributed by atoms with E-state index < -0.39 is 0 Å². The third-order valence-corrected chi connectivity index (χ3v) is 2.82. The van der Waals surface area contributed by atoms with Crippen molar-refractivity contribution in [3.63, 3.8) is 0 Å². The summed E-state index contributed by atoms with van der Waals surface area (Å²) in [6, 6.07) is 3.52. The van der Waals surface area contributed by atoms with Crippen LogP contribution in [0.5, 0.6) is 0 Å². The molecule has 0 aliphatic carbocycles. The third kappa shape index (κ3) is 4.80. The topological polar surface area (TPSA) is 87.4 Å². The van der Waals surface area contributed by atoms with Crippen molar-refractivity contribution in [1.29, 1.82) is 0 Å². The standard InChI is InChI=1S/C15H20N6O2/c1-20(2)14-17-12(18-15(19-14)21(3)4)10-16-13(22)8-7-11-6-5-9-23-11/h5-9H,10H2,1-4H3,(H,16,22). The van der Waals surface area contributed by atoms with Crippen LogP contribution in [-0.4, -0.2) is 49.0 Å². The maximum atomic E-state index is 11.8. The van der Waals surface area contributed by atoms with Crippen LogP contribution in [0.4, 0.5) is 11.9 Å². The molecule has 0 aromatic carbocycles. The summed E-state index contributed by atoms with van der Waals surface area (Å²) < 4.78 is 5.12. The van der Waals surface area contributed by atoms with Crippen molar-refractivity contribution in [3.05, 3.63) is 36.1 Å². The minimum atomic E-state index is -0.250. The molecule has 0 aliphatic rings. The Bertz CT molecular complexity index is 653. The van der Waals surface area contributed by atoms with Crippen molar-refractivity contribution in [2.24, 2.45) is 0 Å². The second-order valence-corrected chi connectivity index (χ2v) is 5.21. The predicted molar refractivity (Wildman–Crippen MR) is 88.1 cm³/mol. The maximum Gasteiger partial charge on any atom is 0.244 e. The van der Waals surface area contributed by atoms with Crippen LogP contribution in [0.15, 0.2) is 28.9 Å². The molecule has 2 rings (SSSR count). The van der Waals surface area contributed by atoms with E-state index in [1.165, 1.54) is 6.08 Å². The third-order valence-electron chi connectivity index (χ3n) is 2.82. The van der Waals surface area contributed by atoms with Crippen LogP contribution in [0, 0.1) is 0 Å². The number of rotatable bonds is 6. The molecular formula is C15H20N6O2. The van der Waals surface area contributed by atoms with Crippen molar-refractivity contribution in [2.75, 3.05) is 38.0 Å². The molecule has 1 N–H and O–H groups in total. The Morgan fingerprint density at radius 3 is 2.35 bits per heavy atom. The van der Waals surface area contributed by atoms with E-state index in [4.69, 9.17) is 4.42 Å². The van der Waals surface area contributed by atoms with Gasteiger partial charge in [-0.3, -0.25) is 4.79 Å². The Balaban J connectivity index is 2.03. The number of nitrogens with zero attached hydrogens (tertiary/aromatic N) is 5. The van der Waals surface area contributed by atoms with Crippen LogP contribution in [0.3, 0.4) is 0 Å². The van der Waals surface area contributed by atoms with Crippen LogP contribution in [-0.2, 0) is 11.3 Å². The molecule has 2 aromatic rings. The number of aromatic nitrogens is 3. The first kappa shape index (κ1) is 16.5. The maximum absolute atomic E-state index is 11.8. The van der Waals surface area contributed by atoms with E-state index in [0.29, 0.717) is 23.5 Å². The smallest absolute Gasteiger partial charge is 0.244 e. The normalized spacial score (nSPS) is 10.8. The predicted octanol–water partition coefficient (Wildman–Crippen LogP) is 0.926. The largest absolute Gasteiger partial charge is 0.465 e. The lowest BCUT2D eigenvalue weighted by Gasteiger charge is -2.16. The Kier molecular flexibility index (Phi) is 5.29. The summed E-state index contributed by atoms with van der Waals surface area (Å²) in [5.41, 5.74) is 0. The van der Waals surface area contributed by atoms with Gasteiger partial charge in [-0.25, -0.2) is 0 Å². The SMILES string of the molecule is CN(C)c1nc(CNC(=O)C=Cc2ccco2)nc(N(C)C)n1. The van der Waals surface area contributed by atoms with Gasteiger partial charge in [0.25, 0.3) is 0 Å². The monoisotopic (exact) mass is 316 g/mol. The summed E-state index contributed by atoms with van der Waals surface area (Å²) in [4.78, 5) is 28.3. The van der Waals surface area contributed by atoms with Crippen molar-refractivity contribution in [2.45, 2.75) is 6.54 Å². The van der Waals surface area contributed by atoms with E-state index in [0.717, 1.165) is 0 Å². The number of nitrogens with one attached hydrogen (secondary N) is 1. The zero-order valence-corrected chi connectivity index (χ0v) is 13.6. The van der Waals surface area contributed by atoms with Gasteiger partial charge in [-0.1, -0.05) is 0 Å². The molecular weight excluding hydrogens is 296 g/mol. The summed E-state index contributed by atoms with van der Waals surface area (Å²) in [6.07, 6.45) is 4.55. The highest BCUT2D eigenvalue weighted by molar-refractivity contribution is 5.91. The lowest BCUT2D eigenvalue weighted by atomic mass is 10.4. The van der Waals surface area contributed by atoms with Crippen LogP contribution >= 0.6 is 0 Å². The number of carbonyl (C=O) groups excluding carboxylic acids is 1. The highest BCUT2D eigenvalue weighted by atomic mass is 16.3. The minimum absolute atomic E-state index is 0.214. The first-order chi connectivity index (χ1) is 11.0. The fourth-order valence-electron chi connectivity index (χ4n) is 1.64. The fourth-order valence-corrected chi connectivity index (χ4v) is 1.64. The number of furan rings is 1. The average Bonchev–Trinajstić information content (AvgIpc) is 3.04. The average molecular weight is 316 g/mol. The summed E-state index contributed by atoms with van der Waals surface area (Å²) in [5, 5.41) is 2.74. The Labute approximate surface area is 134 Å². The van der Waals surface area contributed by atoms with E-state index in [2.05, 4.69) is 20.3 Å². The van der Waals surface area contributed by atoms with Crippen molar-refractivity contribution in [1.82, 2.24) is 20.3 Å². The second-order valence-electron chi connectivity index (χ2n) is 5.21. The van der Waals surface area contributed by atoms with E-state index in [1.54, 1.807) is 34.3 Å². The molecule has 0 unspecified atom stereocenters. The van der Waals surface area contributed by atoms with Crippen molar-refractivity contribution in [3.8, 4) is 0 Å². The number of hydrogen-bond acceptors (Lipinski definition) is 7. The summed E-state index contributed by atoms with van der Waals surface area (Å²) in [7, 11) is 7.40. The van der Waals surface area contributed by atoms with Crippen LogP contribution < -0.4 is 15.1 Å². The first-order valence-corrected chi connectivity index (χ1v) is 7.04. The lowest BCUT2D eigenvalue weighted by Crippen LogP contribution is -2.25. The zero-order chi connectivity index (χ0) is 16.8. The molecule has 8 nitrogen and oxygen atoms in total. The van der Waals surface area contributed by atoms with Gasteiger partial charge >= 0.3 is 0 Å². The highest BCUT2D eigenvalue weighted by Gasteiger charge is 2.10. The van der Waals surface area contributed by atoms with Gasteiger partial charge in [0, 0.05) is 34.3 Å². The summed E-state index contributed by atoms with van der Waals surface area (Å²) >= 11 is 0. The van der Waals surface area contributed by atoms with Gasteiger partial charge in [-0.05, 0) is 18.2 Å². The summed E-state index contributed by atoms with van der Waals surface area (Å²) in [5.74, 6) is 1.94. The van der Waals surface area contributed by atoms with Gasteiger partial charge in [-0.2, -0.15) is 15.0 Å². The molecule has 0 spiro atoms. The van der Waals surface area contributed by atoms with E-state index in [9.17, 15) is 4.79 Å². The Hall–Kier alpha value is -2.90. The zero-order valence-electron chi connectivity index (χ0n) is 13.6. The van der Waals surface area contributed by atoms with Crippen molar-refractivity contribution >= 4 is 23.9 Å². The Morgan fingerprint density at radius 1 is 1.17 bits per heavy atom. The van der Waals surface area contributed by atoms with Crippen LogP contribution in [0.1, 0.15) is 11.6 Å². The molecule has 122 valence electrons. The summed E-state index contributed by atoms with van der Waals surface area (Å²) in [6.45, 7) is 0.214. The number of hydrogen-bond donors (Lipinski definition) is 1. The molecule has 1 amide bonds. The molecule has 0 fully saturated rings. The number of anilines is 2. The minimum Gasteiger partial charge on any atom is -0.465 e. The molecule has 2 heterocycles. The van der Waals surface area contributed by atoms with Gasteiger partial charge in [0.15, 0.2) is 5.82 Å². The highest BCUT2D eigenvalue weighted by Crippen LogP contribution is 2.10. The molecule has 23 heavy (non-hydrogen) atoms. The van der Waals surface area contributed by atoms with Crippen molar-refractivity contribution < 1.29 is 9.21 Å². The molecule has 0 atom stereocenters. The molecule has 2 aromatic heterocycles. The molecule has 0 radical (unpaired) electrons. The molecule has 0 saturated heterocycles. The van der Waals surface area contributed by atoms with E-state index in [-0.39, 0.29) is 12.5 Å². The van der Waals surface area contributed by atoms with Gasteiger partial charge in [0.2, 0.25) is 17.8 Å². The Morgan fingerprint density at radius 2 is 1.83 bits per heavy atom. The van der Waals surface area contributed by atoms with E-state index in [1.807, 2.05) is 28.2 Å². The number of carbonyl (C=O) groups is 1. The lowest BCUT2D eigenvalue weighted by molar-refractivity contribution is -0.116. The van der Waals surface area contributed by atoms with Gasteiger partial charge in [0.1, 0.15) is 5.76 Å². The molecule has 0 bridgehead atoms. The molecule has 0 saturated carbocycles. The molecule has 0 aliphatic heterocycles. The van der Waals surface area contributed by atoms with Crippen LogP contribution in [0.2, 0.25) is 0 Å². The second kappa shape index (κ2) is 7.39. The van der Waals surface area contributed by atoms with E-state index >= 15 is 0 Å². The van der Waals surface area contributed by atoms with Crippen LogP contribution in [0.25, 0.3) is 6.08 Å². The molecule has 8 heteroatoms. The quantitative estimate of drug-likeness (QED) is 0.793.